The number of nitro groups is 1. The van der Waals surface area contributed by atoms with Crippen LogP contribution >= 0.6 is 0 Å². The molecule has 1 aromatic carbocycles. The molecule has 0 aliphatic carbocycles. The lowest BCUT2D eigenvalue weighted by atomic mass is 10.2. The van der Waals surface area contributed by atoms with Gasteiger partial charge in [0.2, 0.25) is 0 Å². The molecule has 7 nitrogen and oxygen atoms in total. The molecule has 0 aliphatic heterocycles. The fraction of sp³-hybridized carbons (Fsp3) is 0.364. The van der Waals surface area contributed by atoms with Gasteiger partial charge in [0, 0.05) is 17.7 Å². The molecule has 1 aromatic rings. The van der Waals surface area contributed by atoms with Gasteiger partial charge in [-0.25, -0.2) is 4.79 Å². The summed E-state index contributed by atoms with van der Waals surface area (Å²) in [5.41, 5.74) is 0.0806. The second kappa shape index (κ2) is 5.97. The number of hydrogen-bond acceptors (Lipinski definition) is 6. The van der Waals surface area contributed by atoms with Crippen LogP contribution in [-0.4, -0.2) is 29.2 Å². The number of aliphatic hydroxyl groups excluding tert-OH is 1. The summed E-state index contributed by atoms with van der Waals surface area (Å²) in [6.45, 7) is 1.05. The number of nitrogens with zero attached hydrogens (tertiary/aromatic N) is 1. The predicted molar refractivity (Wildman–Crippen MR) is 61.1 cm³/mol. The fourth-order valence-corrected chi connectivity index (χ4v) is 1.32. The topological polar surface area (TPSA) is 98.9 Å². The van der Waals surface area contributed by atoms with Gasteiger partial charge >= 0.3 is 5.97 Å². The van der Waals surface area contributed by atoms with Gasteiger partial charge in [-0.3, -0.25) is 10.1 Å². The van der Waals surface area contributed by atoms with E-state index in [2.05, 4.69) is 4.74 Å². The van der Waals surface area contributed by atoms with Crippen molar-refractivity contribution in [2.24, 2.45) is 0 Å². The highest BCUT2D eigenvalue weighted by Crippen LogP contribution is 2.25. The van der Waals surface area contributed by atoms with Crippen LogP contribution in [0.25, 0.3) is 0 Å². The molecule has 98 valence electrons. The molecule has 0 heterocycles. The molecule has 0 fully saturated rings. The molecule has 0 saturated carbocycles. The average molecular weight is 255 g/mol. The zero-order valence-corrected chi connectivity index (χ0v) is 9.95. The summed E-state index contributed by atoms with van der Waals surface area (Å²) in [6.07, 6.45) is -0.859. The molecule has 0 aromatic heterocycles. The molecule has 7 heteroatoms. The fourth-order valence-electron chi connectivity index (χ4n) is 1.32. The first kappa shape index (κ1) is 13.9. The van der Waals surface area contributed by atoms with Gasteiger partial charge < -0.3 is 14.6 Å². The van der Waals surface area contributed by atoms with Crippen LogP contribution in [0.1, 0.15) is 12.5 Å². The van der Waals surface area contributed by atoms with E-state index < -0.39 is 23.6 Å². The third kappa shape index (κ3) is 3.17. The Bertz CT molecular complexity index is 459. The molecule has 0 radical (unpaired) electrons. The van der Waals surface area contributed by atoms with Crippen LogP contribution in [0.2, 0.25) is 0 Å². The number of rotatable bonds is 5. The molecule has 1 atom stereocenters. The zero-order chi connectivity index (χ0) is 13.7. The van der Waals surface area contributed by atoms with Crippen molar-refractivity contribution in [1.82, 2.24) is 0 Å². The van der Waals surface area contributed by atoms with E-state index in [0.29, 0.717) is 0 Å². The minimum atomic E-state index is -0.859. The standard InChI is InChI=1S/C11H13NO6/c1-7(11(14)17-2)18-10-4-3-9(12(15)16)5-8(10)6-13/h3-5,7,13H,6H2,1-2H3. The van der Waals surface area contributed by atoms with Gasteiger partial charge in [-0.15, -0.1) is 0 Å². The van der Waals surface area contributed by atoms with Crippen molar-refractivity contribution in [2.45, 2.75) is 19.6 Å². The zero-order valence-electron chi connectivity index (χ0n) is 9.95. The molecule has 0 aliphatic rings. The van der Waals surface area contributed by atoms with Crippen LogP contribution in [0.15, 0.2) is 18.2 Å². The molecular weight excluding hydrogens is 242 g/mol. The molecule has 0 spiro atoms. The van der Waals surface area contributed by atoms with Gasteiger partial charge in [-0.1, -0.05) is 0 Å². The Morgan fingerprint density at radius 1 is 1.56 bits per heavy atom. The Balaban J connectivity index is 2.96. The Kier molecular flexibility index (Phi) is 4.61. The van der Waals surface area contributed by atoms with Crippen LogP contribution < -0.4 is 4.74 Å². The maximum Gasteiger partial charge on any atom is 0.346 e. The van der Waals surface area contributed by atoms with Crippen molar-refractivity contribution in [3.63, 3.8) is 0 Å². The van der Waals surface area contributed by atoms with Crippen LogP contribution in [0, 0.1) is 10.1 Å². The molecule has 0 saturated heterocycles. The van der Waals surface area contributed by atoms with Gasteiger partial charge in [0.25, 0.3) is 5.69 Å². The van der Waals surface area contributed by atoms with Gasteiger partial charge in [-0.2, -0.15) is 0 Å². The first-order valence-electron chi connectivity index (χ1n) is 5.12. The third-order valence-electron chi connectivity index (χ3n) is 2.26. The summed E-state index contributed by atoms with van der Waals surface area (Å²) in [5, 5.41) is 19.7. The molecule has 0 bridgehead atoms. The summed E-state index contributed by atoms with van der Waals surface area (Å²) in [7, 11) is 1.23. The van der Waals surface area contributed by atoms with Crippen LogP contribution in [0.3, 0.4) is 0 Å². The van der Waals surface area contributed by atoms with E-state index in [4.69, 9.17) is 9.84 Å². The number of benzene rings is 1. The predicted octanol–water partition coefficient (Wildman–Crippen LogP) is 1.03. The van der Waals surface area contributed by atoms with Crippen molar-refractivity contribution < 1.29 is 24.3 Å². The number of hydrogen-bond donors (Lipinski definition) is 1. The van der Waals surface area contributed by atoms with Crippen LogP contribution in [0.4, 0.5) is 5.69 Å². The highest BCUT2D eigenvalue weighted by Gasteiger charge is 2.18. The minimum absolute atomic E-state index is 0.155. The summed E-state index contributed by atoms with van der Waals surface area (Å²) >= 11 is 0. The molecule has 1 rings (SSSR count). The maximum absolute atomic E-state index is 11.2. The number of esters is 1. The smallest absolute Gasteiger partial charge is 0.346 e. The van der Waals surface area contributed by atoms with E-state index in [9.17, 15) is 14.9 Å². The van der Waals surface area contributed by atoms with Gasteiger partial charge in [0.15, 0.2) is 6.10 Å². The van der Waals surface area contributed by atoms with E-state index in [-0.39, 0.29) is 17.0 Å². The maximum atomic E-state index is 11.2. The molecule has 1 N–H and O–H groups in total. The highest BCUT2D eigenvalue weighted by atomic mass is 16.6. The van der Waals surface area contributed by atoms with Crippen molar-refractivity contribution in [3.05, 3.63) is 33.9 Å². The van der Waals surface area contributed by atoms with E-state index in [1.54, 1.807) is 0 Å². The van der Waals surface area contributed by atoms with Crippen LogP contribution in [-0.2, 0) is 16.1 Å². The number of aliphatic hydroxyl groups is 1. The van der Waals surface area contributed by atoms with Crippen molar-refractivity contribution >= 4 is 11.7 Å². The number of non-ortho nitro benzene ring substituents is 1. The van der Waals surface area contributed by atoms with Gasteiger partial charge in [0.1, 0.15) is 5.75 Å². The molecule has 18 heavy (non-hydrogen) atoms. The number of carbonyl (C=O) groups excluding carboxylic acids is 1. The van der Waals surface area contributed by atoms with Gasteiger partial charge in [0.05, 0.1) is 18.6 Å². The normalized spacial score (nSPS) is 11.7. The summed E-state index contributed by atoms with van der Waals surface area (Å²) in [5.74, 6) is -0.363. The molecule has 1 unspecified atom stereocenters. The van der Waals surface area contributed by atoms with E-state index >= 15 is 0 Å². The second-order valence-electron chi connectivity index (χ2n) is 3.49. The highest BCUT2D eigenvalue weighted by molar-refractivity contribution is 5.74. The Labute approximate surface area is 103 Å². The SMILES string of the molecule is COC(=O)C(C)Oc1ccc([N+](=O)[O-])cc1CO. The van der Waals surface area contributed by atoms with Crippen molar-refractivity contribution in [3.8, 4) is 5.75 Å². The Morgan fingerprint density at radius 2 is 2.22 bits per heavy atom. The lowest BCUT2D eigenvalue weighted by Crippen LogP contribution is -2.25. The Hall–Kier alpha value is -2.15. The van der Waals surface area contributed by atoms with Crippen molar-refractivity contribution in [2.75, 3.05) is 7.11 Å². The lowest BCUT2D eigenvalue weighted by Gasteiger charge is -2.14. The number of methoxy groups -OCH3 is 1. The van der Waals surface area contributed by atoms with E-state index in [1.807, 2.05) is 0 Å². The average Bonchev–Trinajstić information content (AvgIpc) is 2.37. The van der Waals surface area contributed by atoms with E-state index in [0.717, 1.165) is 0 Å². The van der Waals surface area contributed by atoms with Crippen LogP contribution in [0.5, 0.6) is 5.75 Å². The molecule has 0 amide bonds. The van der Waals surface area contributed by atoms with Crippen molar-refractivity contribution in [1.29, 1.82) is 0 Å². The first-order chi connectivity index (χ1) is 8.49. The largest absolute Gasteiger partial charge is 0.479 e. The number of ether oxygens (including phenoxy) is 2. The van der Waals surface area contributed by atoms with E-state index in [1.165, 1.54) is 32.2 Å². The lowest BCUT2D eigenvalue weighted by molar-refractivity contribution is -0.385. The quantitative estimate of drug-likeness (QED) is 0.479. The molecular formula is C11H13NO6. The monoisotopic (exact) mass is 255 g/mol. The number of carbonyl (C=O) groups is 1. The third-order valence-corrected chi connectivity index (χ3v) is 2.26. The first-order valence-corrected chi connectivity index (χ1v) is 5.12. The minimum Gasteiger partial charge on any atom is -0.479 e. The summed E-state index contributed by atoms with van der Waals surface area (Å²) < 4.78 is 9.75. The Morgan fingerprint density at radius 3 is 2.72 bits per heavy atom. The van der Waals surface area contributed by atoms with Gasteiger partial charge in [-0.05, 0) is 13.0 Å². The summed E-state index contributed by atoms with van der Waals surface area (Å²) in [6, 6.07) is 3.76. The number of nitro benzene ring substituents is 1. The second-order valence-corrected chi connectivity index (χ2v) is 3.49. The summed E-state index contributed by atoms with van der Waals surface area (Å²) in [4.78, 5) is 21.2.